The minimum Gasteiger partial charge on any atom is -0.0999 e. The molecule has 0 aliphatic rings. The largest absolute Gasteiger partial charge is 0.0999 e. The Morgan fingerprint density at radius 2 is 1.11 bits per heavy atom. The molecule has 0 fully saturated rings. The van der Waals surface area contributed by atoms with Gasteiger partial charge in [0.25, 0.3) is 0 Å². The van der Waals surface area contributed by atoms with E-state index in [1.807, 2.05) is 0 Å². The molecule has 0 N–H and O–H groups in total. The highest BCUT2D eigenvalue weighted by molar-refractivity contribution is 4.93. The molecule has 0 aromatic carbocycles. The molecule has 1 atom stereocenters. The van der Waals surface area contributed by atoms with Crippen LogP contribution in [0.3, 0.4) is 0 Å². The average molecular weight is 267 g/mol. The lowest BCUT2D eigenvalue weighted by atomic mass is 9.96. The van der Waals surface area contributed by atoms with Crippen molar-refractivity contribution in [3.8, 4) is 0 Å². The van der Waals surface area contributed by atoms with Crippen LogP contribution in [0.2, 0.25) is 0 Å². The van der Waals surface area contributed by atoms with E-state index in [1.165, 1.54) is 89.0 Å². The Morgan fingerprint density at radius 1 is 0.737 bits per heavy atom. The van der Waals surface area contributed by atoms with Gasteiger partial charge in [0.05, 0.1) is 0 Å². The van der Waals surface area contributed by atoms with E-state index in [2.05, 4.69) is 27.4 Å². The van der Waals surface area contributed by atoms with E-state index in [4.69, 9.17) is 0 Å². The molecule has 0 nitrogen and oxygen atoms in total. The molecule has 0 saturated carbocycles. The zero-order valence-electron chi connectivity index (χ0n) is 14.0. The SMILES string of the molecule is C=C(C)C(C)CCCCCCCCCCCCCC. The maximum atomic E-state index is 4.03. The van der Waals surface area contributed by atoms with Crippen molar-refractivity contribution in [2.45, 2.75) is 104 Å². The van der Waals surface area contributed by atoms with Crippen LogP contribution in [0.5, 0.6) is 0 Å². The fraction of sp³-hybridized carbons (Fsp3) is 0.895. The summed E-state index contributed by atoms with van der Waals surface area (Å²) in [6.45, 7) is 10.8. The first-order valence-corrected chi connectivity index (χ1v) is 8.83. The van der Waals surface area contributed by atoms with Crippen LogP contribution in [0, 0.1) is 5.92 Å². The maximum absolute atomic E-state index is 4.03. The molecule has 0 rings (SSSR count). The van der Waals surface area contributed by atoms with Gasteiger partial charge in [-0.15, -0.1) is 0 Å². The normalized spacial score (nSPS) is 12.6. The van der Waals surface area contributed by atoms with Gasteiger partial charge in [0.2, 0.25) is 0 Å². The van der Waals surface area contributed by atoms with Gasteiger partial charge in [0, 0.05) is 0 Å². The summed E-state index contributed by atoms with van der Waals surface area (Å²) in [7, 11) is 0. The Morgan fingerprint density at radius 3 is 1.47 bits per heavy atom. The summed E-state index contributed by atoms with van der Waals surface area (Å²) >= 11 is 0. The summed E-state index contributed by atoms with van der Waals surface area (Å²) < 4.78 is 0. The third-order valence-electron chi connectivity index (χ3n) is 4.33. The van der Waals surface area contributed by atoms with Crippen molar-refractivity contribution in [2.75, 3.05) is 0 Å². The quantitative estimate of drug-likeness (QED) is 0.229. The van der Waals surface area contributed by atoms with Crippen molar-refractivity contribution in [3.63, 3.8) is 0 Å². The van der Waals surface area contributed by atoms with Crippen LogP contribution < -0.4 is 0 Å². The lowest BCUT2D eigenvalue weighted by Crippen LogP contribution is -1.94. The molecule has 0 heteroatoms. The van der Waals surface area contributed by atoms with Crippen molar-refractivity contribution in [2.24, 2.45) is 5.92 Å². The van der Waals surface area contributed by atoms with Crippen LogP contribution in [-0.2, 0) is 0 Å². The summed E-state index contributed by atoms with van der Waals surface area (Å²) in [6.07, 6.45) is 18.6. The Kier molecular flexibility index (Phi) is 14.0. The smallest absolute Gasteiger partial charge is 0.0237 e. The van der Waals surface area contributed by atoms with Gasteiger partial charge in [-0.1, -0.05) is 103 Å². The first kappa shape index (κ1) is 18.7. The van der Waals surface area contributed by atoms with Crippen molar-refractivity contribution in [1.29, 1.82) is 0 Å². The molecule has 1 unspecified atom stereocenters. The van der Waals surface area contributed by atoms with E-state index in [0.29, 0.717) is 0 Å². The van der Waals surface area contributed by atoms with Crippen LogP contribution in [0.25, 0.3) is 0 Å². The molecule has 0 heterocycles. The van der Waals surface area contributed by atoms with Crippen molar-refractivity contribution in [3.05, 3.63) is 12.2 Å². The van der Waals surface area contributed by atoms with Crippen LogP contribution >= 0.6 is 0 Å². The zero-order valence-corrected chi connectivity index (χ0v) is 14.0. The lowest BCUT2D eigenvalue weighted by Gasteiger charge is -2.10. The second-order valence-electron chi connectivity index (χ2n) is 6.43. The zero-order chi connectivity index (χ0) is 14.3. The van der Waals surface area contributed by atoms with E-state index in [-0.39, 0.29) is 0 Å². The fourth-order valence-electron chi connectivity index (χ4n) is 2.54. The Bertz CT molecular complexity index is 192. The van der Waals surface area contributed by atoms with Gasteiger partial charge in [-0.2, -0.15) is 0 Å². The number of allylic oxidation sites excluding steroid dienone is 1. The van der Waals surface area contributed by atoms with Crippen LogP contribution in [0.15, 0.2) is 12.2 Å². The highest BCUT2D eigenvalue weighted by Gasteiger charge is 2.01. The standard InChI is InChI=1S/C19H38/c1-5-6-7-8-9-10-11-12-13-14-15-16-17-19(4)18(2)3/h19H,2,5-17H2,1,3-4H3. The predicted octanol–water partition coefficient (Wildman–Crippen LogP) is 7.29. The second kappa shape index (κ2) is 14.2. The molecule has 0 aliphatic heterocycles. The molecule has 0 bridgehead atoms. The van der Waals surface area contributed by atoms with E-state index >= 15 is 0 Å². The molecule has 114 valence electrons. The highest BCUT2D eigenvalue weighted by Crippen LogP contribution is 2.17. The molecule has 0 aliphatic carbocycles. The Hall–Kier alpha value is -0.260. The van der Waals surface area contributed by atoms with Gasteiger partial charge in [0.15, 0.2) is 0 Å². The average Bonchev–Trinajstić information content (AvgIpc) is 2.39. The van der Waals surface area contributed by atoms with Gasteiger partial charge in [-0.25, -0.2) is 0 Å². The summed E-state index contributed by atoms with van der Waals surface area (Å²) in [5, 5.41) is 0. The predicted molar refractivity (Wildman–Crippen MR) is 89.7 cm³/mol. The van der Waals surface area contributed by atoms with Gasteiger partial charge >= 0.3 is 0 Å². The van der Waals surface area contributed by atoms with E-state index in [1.54, 1.807) is 0 Å². The highest BCUT2D eigenvalue weighted by atomic mass is 14.1. The molecule has 0 saturated heterocycles. The maximum Gasteiger partial charge on any atom is -0.0237 e. The van der Waals surface area contributed by atoms with Crippen molar-refractivity contribution >= 4 is 0 Å². The van der Waals surface area contributed by atoms with Gasteiger partial charge in [-0.3, -0.25) is 0 Å². The summed E-state index contributed by atoms with van der Waals surface area (Å²) in [6, 6.07) is 0. The number of hydrogen-bond donors (Lipinski definition) is 0. The number of hydrogen-bond acceptors (Lipinski definition) is 0. The van der Waals surface area contributed by atoms with Gasteiger partial charge in [-0.05, 0) is 19.3 Å². The van der Waals surface area contributed by atoms with Crippen LogP contribution in [-0.4, -0.2) is 0 Å². The molecule has 0 amide bonds. The van der Waals surface area contributed by atoms with Crippen molar-refractivity contribution in [1.82, 2.24) is 0 Å². The van der Waals surface area contributed by atoms with E-state index < -0.39 is 0 Å². The van der Waals surface area contributed by atoms with Crippen LogP contribution in [0.4, 0.5) is 0 Å². The third kappa shape index (κ3) is 14.0. The Balaban J connectivity index is 3.05. The first-order valence-electron chi connectivity index (χ1n) is 8.83. The topological polar surface area (TPSA) is 0 Å². The summed E-state index contributed by atoms with van der Waals surface area (Å²) in [4.78, 5) is 0. The minimum absolute atomic E-state index is 0.725. The summed E-state index contributed by atoms with van der Waals surface area (Å²) in [5.74, 6) is 0.725. The first-order chi connectivity index (χ1) is 9.18. The molecular weight excluding hydrogens is 228 g/mol. The van der Waals surface area contributed by atoms with E-state index in [9.17, 15) is 0 Å². The van der Waals surface area contributed by atoms with Gasteiger partial charge in [0.1, 0.15) is 0 Å². The molecule has 0 aromatic rings. The molecule has 0 spiro atoms. The summed E-state index contributed by atoms with van der Waals surface area (Å²) in [5.41, 5.74) is 1.35. The molecule has 0 aromatic heterocycles. The molecule has 19 heavy (non-hydrogen) atoms. The van der Waals surface area contributed by atoms with E-state index in [0.717, 1.165) is 5.92 Å². The van der Waals surface area contributed by atoms with Gasteiger partial charge < -0.3 is 0 Å². The van der Waals surface area contributed by atoms with Crippen LogP contribution in [0.1, 0.15) is 104 Å². The number of rotatable bonds is 14. The monoisotopic (exact) mass is 266 g/mol. The fourth-order valence-corrected chi connectivity index (χ4v) is 2.54. The third-order valence-corrected chi connectivity index (χ3v) is 4.33. The lowest BCUT2D eigenvalue weighted by molar-refractivity contribution is 0.514. The second-order valence-corrected chi connectivity index (χ2v) is 6.43. The van der Waals surface area contributed by atoms with Crippen molar-refractivity contribution < 1.29 is 0 Å². The minimum atomic E-state index is 0.725. The number of unbranched alkanes of at least 4 members (excludes halogenated alkanes) is 11. The Labute approximate surface area is 123 Å². The molecular formula is C19H38. The molecule has 0 radical (unpaired) electrons.